The summed E-state index contributed by atoms with van der Waals surface area (Å²) in [6.07, 6.45) is 3.90. The Hall–Kier alpha value is -2.61. The normalized spacial score (nSPS) is 13.6. The van der Waals surface area contributed by atoms with Crippen molar-refractivity contribution in [2.45, 2.75) is 37.0 Å². The van der Waals surface area contributed by atoms with E-state index in [4.69, 9.17) is 4.42 Å². The van der Waals surface area contributed by atoms with E-state index in [0.717, 1.165) is 35.1 Å². The molecule has 0 saturated heterocycles. The second kappa shape index (κ2) is 8.18. The number of aromatic nitrogens is 3. The molecule has 0 atom stereocenters. The van der Waals surface area contributed by atoms with E-state index in [1.165, 1.54) is 23.9 Å². The second-order valence-electron chi connectivity index (χ2n) is 6.95. The van der Waals surface area contributed by atoms with Gasteiger partial charge in [0, 0.05) is 19.5 Å². The second-order valence-corrected chi connectivity index (χ2v) is 7.89. The Labute approximate surface area is 166 Å². The van der Waals surface area contributed by atoms with E-state index >= 15 is 0 Å². The number of rotatable bonds is 8. The maximum atomic E-state index is 13.0. The zero-order valence-electron chi connectivity index (χ0n) is 15.5. The van der Waals surface area contributed by atoms with E-state index in [-0.39, 0.29) is 17.5 Å². The number of hydrogen-bond donors (Lipinski definition) is 0. The van der Waals surface area contributed by atoms with Crippen LogP contribution in [0, 0.1) is 5.82 Å². The lowest BCUT2D eigenvalue weighted by Crippen LogP contribution is -2.28. The van der Waals surface area contributed by atoms with Gasteiger partial charge < -0.3 is 9.32 Å². The van der Waals surface area contributed by atoms with Crippen LogP contribution in [0.2, 0.25) is 0 Å². The number of halogens is 1. The van der Waals surface area contributed by atoms with Gasteiger partial charge in [0.15, 0.2) is 5.16 Å². The maximum Gasteiger partial charge on any atom is 0.233 e. The third kappa shape index (κ3) is 4.44. The van der Waals surface area contributed by atoms with Crippen molar-refractivity contribution in [3.63, 3.8) is 0 Å². The summed E-state index contributed by atoms with van der Waals surface area (Å²) in [5, 5.41) is 9.38. The molecule has 1 aliphatic carbocycles. The van der Waals surface area contributed by atoms with Crippen LogP contribution in [0.3, 0.4) is 0 Å². The first-order valence-corrected chi connectivity index (χ1v) is 10.2. The highest BCUT2D eigenvalue weighted by Gasteiger charge is 2.31. The van der Waals surface area contributed by atoms with E-state index in [1.807, 2.05) is 12.1 Å². The molecule has 1 saturated carbocycles. The van der Waals surface area contributed by atoms with Crippen molar-refractivity contribution >= 4 is 17.7 Å². The molecule has 28 heavy (non-hydrogen) atoms. The van der Waals surface area contributed by atoms with Crippen LogP contribution in [0.4, 0.5) is 4.39 Å². The summed E-state index contributed by atoms with van der Waals surface area (Å²) in [6, 6.07) is 9.96. The highest BCUT2D eigenvalue weighted by molar-refractivity contribution is 7.99. The highest BCUT2D eigenvalue weighted by Crippen LogP contribution is 2.40. The van der Waals surface area contributed by atoms with Crippen LogP contribution in [0.1, 0.15) is 35.9 Å². The van der Waals surface area contributed by atoms with E-state index in [1.54, 1.807) is 30.3 Å². The summed E-state index contributed by atoms with van der Waals surface area (Å²) in [5.41, 5.74) is 0.888. The number of amides is 1. The molecule has 1 aliphatic rings. The van der Waals surface area contributed by atoms with Crippen LogP contribution in [0.15, 0.2) is 52.2 Å². The van der Waals surface area contributed by atoms with Crippen molar-refractivity contribution in [1.82, 2.24) is 19.7 Å². The smallest absolute Gasteiger partial charge is 0.233 e. The average Bonchev–Trinajstić information content (AvgIpc) is 3.26. The number of benzene rings is 1. The topological polar surface area (TPSA) is 64.2 Å². The van der Waals surface area contributed by atoms with Gasteiger partial charge in [-0.2, -0.15) is 0 Å². The van der Waals surface area contributed by atoms with Crippen molar-refractivity contribution in [1.29, 1.82) is 0 Å². The van der Waals surface area contributed by atoms with Crippen LogP contribution in [0.5, 0.6) is 0 Å². The molecule has 2 heterocycles. The minimum atomic E-state index is -0.282. The van der Waals surface area contributed by atoms with Crippen molar-refractivity contribution < 1.29 is 13.6 Å². The largest absolute Gasteiger partial charge is 0.467 e. The Morgan fingerprint density at radius 2 is 2.07 bits per heavy atom. The molecule has 0 aliphatic heterocycles. The van der Waals surface area contributed by atoms with Crippen LogP contribution in [-0.4, -0.2) is 38.4 Å². The average molecular weight is 400 g/mol. The molecule has 1 aromatic carbocycles. The number of hydrogen-bond acceptors (Lipinski definition) is 5. The zero-order valence-corrected chi connectivity index (χ0v) is 16.4. The third-order valence-corrected chi connectivity index (χ3v) is 5.62. The summed E-state index contributed by atoms with van der Waals surface area (Å²) >= 11 is 1.38. The summed E-state index contributed by atoms with van der Waals surface area (Å²) in [5.74, 6) is 2.21. The molecule has 0 radical (unpaired) electrons. The van der Waals surface area contributed by atoms with Gasteiger partial charge in [0.05, 0.1) is 18.6 Å². The van der Waals surface area contributed by atoms with E-state index < -0.39 is 0 Å². The minimum Gasteiger partial charge on any atom is -0.467 e. The van der Waals surface area contributed by atoms with Gasteiger partial charge in [0.2, 0.25) is 5.91 Å². The lowest BCUT2D eigenvalue weighted by atomic mass is 10.2. The SMILES string of the molecule is CN(Cc1ccc(F)cc1)C(=O)CSc1nnc(C2CC2)n1Cc1ccco1. The summed E-state index contributed by atoms with van der Waals surface area (Å²) in [6.45, 7) is 1.000. The van der Waals surface area contributed by atoms with Gasteiger partial charge in [-0.05, 0) is 42.7 Å². The van der Waals surface area contributed by atoms with Gasteiger partial charge >= 0.3 is 0 Å². The highest BCUT2D eigenvalue weighted by atomic mass is 32.2. The zero-order chi connectivity index (χ0) is 19.5. The molecule has 146 valence electrons. The first kappa shape index (κ1) is 18.7. The molecule has 0 spiro atoms. The molecule has 2 aromatic heterocycles. The van der Waals surface area contributed by atoms with Crippen LogP contribution in [-0.2, 0) is 17.9 Å². The summed E-state index contributed by atoms with van der Waals surface area (Å²) < 4.78 is 20.5. The van der Waals surface area contributed by atoms with Crippen LogP contribution < -0.4 is 0 Å². The minimum absolute atomic E-state index is 0.0187. The Morgan fingerprint density at radius 3 is 2.75 bits per heavy atom. The quantitative estimate of drug-likeness (QED) is 0.540. The van der Waals surface area contributed by atoms with Gasteiger partial charge in [-0.25, -0.2) is 4.39 Å². The van der Waals surface area contributed by atoms with Gasteiger partial charge in [0.1, 0.15) is 17.4 Å². The molecular formula is C20H21FN4O2S. The lowest BCUT2D eigenvalue weighted by Gasteiger charge is -2.17. The van der Waals surface area contributed by atoms with Crippen molar-refractivity contribution in [3.8, 4) is 0 Å². The van der Waals surface area contributed by atoms with Crippen LogP contribution in [0.25, 0.3) is 0 Å². The monoisotopic (exact) mass is 400 g/mol. The van der Waals surface area contributed by atoms with Crippen molar-refractivity contribution in [2.75, 3.05) is 12.8 Å². The predicted molar refractivity (Wildman–Crippen MR) is 103 cm³/mol. The van der Waals surface area contributed by atoms with E-state index in [0.29, 0.717) is 19.0 Å². The third-order valence-electron chi connectivity index (χ3n) is 4.67. The molecule has 8 heteroatoms. The van der Waals surface area contributed by atoms with Crippen molar-refractivity contribution in [3.05, 3.63) is 65.6 Å². The molecule has 1 amide bonds. The molecular weight excluding hydrogens is 379 g/mol. The summed E-state index contributed by atoms with van der Waals surface area (Å²) in [4.78, 5) is 14.2. The fourth-order valence-electron chi connectivity index (χ4n) is 2.95. The fraction of sp³-hybridized carbons (Fsp3) is 0.350. The summed E-state index contributed by atoms with van der Waals surface area (Å²) in [7, 11) is 1.75. The van der Waals surface area contributed by atoms with Gasteiger partial charge in [-0.15, -0.1) is 10.2 Å². The number of furan rings is 1. The predicted octanol–water partition coefficient (Wildman–Crippen LogP) is 3.69. The van der Waals surface area contributed by atoms with E-state index in [9.17, 15) is 9.18 Å². The Balaban J connectivity index is 1.39. The number of carbonyl (C=O) groups is 1. The Kier molecular flexibility index (Phi) is 5.47. The number of carbonyl (C=O) groups excluding carboxylic acids is 1. The first-order chi connectivity index (χ1) is 13.6. The molecule has 1 fully saturated rings. The Bertz CT molecular complexity index is 936. The molecule has 0 unspecified atom stereocenters. The number of nitrogens with zero attached hydrogens (tertiary/aromatic N) is 4. The van der Waals surface area contributed by atoms with Crippen molar-refractivity contribution in [2.24, 2.45) is 0 Å². The first-order valence-electron chi connectivity index (χ1n) is 9.17. The molecule has 6 nitrogen and oxygen atoms in total. The molecule has 0 N–H and O–H groups in total. The van der Waals surface area contributed by atoms with Gasteiger partial charge in [-0.1, -0.05) is 23.9 Å². The molecule has 3 aromatic rings. The van der Waals surface area contributed by atoms with Gasteiger partial charge in [-0.3, -0.25) is 9.36 Å². The number of thioether (sulfide) groups is 1. The lowest BCUT2D eigenvalue weighted by molar-refractivity contribution is -0.127. The van der Waals surface area contributed by atoms with Crippen LogP contribution >= 0.6 is 11.8 Å². The molecule has 4 rings (SSSR count). The standard InChI is InChI=1S/C20H21FN4O2S/c1-24(11-14-4-8-16(21)9-5-14)18(26)13-28-20-23-22-19(15-6-7-15)25(20)12-17-3-2-10-27-17/h2-5,8-10,15H,6-7,11-13H2,1H3. The molecule has 0 bridgehead atoms. The maximum absolute atomic E-state index is 13.0. The van der Waals surface area contributed by atoms with Gasteiger partial charge in [0.25, 0.3) is 0 Å². The Morgan fingerprint density at radius 1 is 1.29 bits per heavy atom. The van der Waals surface area contributed by atoms with E-state index in [2.05, 4.69) is 14.8 Å². The fourth-order valence-corrected chi connectivity index (χ4v) is 3.83.